The van der Waals surface area contributed by atoms with Gasteiger partial charge in [-0.25, -0.2) is 9.18 Å². The maximum absolute atomic E-state index is 13.3. The minimum Gasteiger partial charge on any atom is -0.480 e. The quantitative estimate of drug-likeness (QED) is 0.805. The van der Waals surface area contributed by atoms with Crippen molar-refractivity contribution in [3.8, 4) is 0 Å². The summed E-state index contributed by atoms with van der Waals surface area (Å²) in [4.78, 5) is 22.7. The second-order valence-corrected chi connectivity index (χ2v) is 5.32. The van der Waals surface area contributed by atoms with Gasteiger partial charge < -0.3 is 10.4 Å². The summed E-state index contributed by atoms with van der Waals surface area (Å²) >= 11 is 1.81. The molecule has 0 bridgehead atoms. The molecule has 4 nitrogen and oxygen atoms in total. The molecule has 6 heteroatoms. The highest BCUT2D eigenvalue weighted by Crippen LogP contribution is 2.13. The van der Waals surface area contributed by atoms with Gasteiger partial charge in [-0.2, -0.15) is 0 Å². The van der Waals surface area contributed by atoms with Gasteiger partial charge in [-0.1, -0.05) is 13.8 Å². The van der Waals surface area contributed by atoms with Crippen molar-refractivity contribution in [1.82, 2.24) is 5.32 Å². The number of nitrogens with one attached hydrogen (secondary N) is 1. The van der Waals surface area contributed by atoms with E-state index in [4.69, 9.17) is 5.11 Å². The van der Waals surface area contributed by atoms with E-state index in [2.05, 4.69) is 5.32 Å². The van der Waals surface area contributed by atoms with Gasteiger partial charge in [0.2, 0.25) is 0 Å². The van der Waals surface area contributed by atoms with Crippen molar-refractivity contribution in [2.45, 2.75) is 19.9 Å². The topological polar surface area (TPSA) is 66.4 Å². The summed E-state index contributed by atoms with van der Waals surface area (Å²) in [7, 11) is 0. The van der Waals surface area contributed by atoms with Crippen LogP contribution >= 0.6 is 22.6 Å². The lowest BCUT2D eigenvalue weighted by Crippen LogP contribution is -2.44. The number of carbonyl (C=O) groups excluding carboxylic acids is 1. The van der Waals surface area contributed by atoms with Crippen LogP contribution in [0.5, 0.6) is 0 Å². The molecule has 0 saturated heterocycles. The van der Waals surface area contributed by atoms with E-state index in [1.807, 2.05) is 22.6 Å². The maximum atomic E-state index is 13.3. The van der Waals surface area contributed by atoms with E-state index < -0.39 is 23.7 Å². The molecular weight excluding hydrogens is 352 g/mol. The number of hydrogen-bond acceptors (Lipinski definition) is 2. The maximum Gasteiger partial charge on any atom is 0.326 e. The number of amides is 1. The fourth-order valence-corrected chi connectivity index (χ4v) is 1.71. The summed E-state index contributed by atoms with van der Waals surface area (Å²) in [6.45, 7) is 3.38. The van der Waals surface area contributed by atoms with Crippen LogP contribution in [0.15, 0.2) is 18.2 Å². The summed E-state index contributed by atoms with van der Waals surface area (Å²) in [5.41, 5.74) is 0.111. The van der Waals surface area contributed by atoms with Crippen LogP contribution in [0.3, 0.4) is 0 Å². The minimum atomic E-state index is -1.11. The minimum absolute atomic E-state index is 0.111. The van der Waals surface area contributed by atoms with E-state index in [0.717, 1.165) is 6.07 Å². The zero-order chi connectivity index (χ0) is 13.9. The second kappa shape index (κ2) is 6.12. The lowest BCUT2D eigenvalue weighted by molar-refractivity contribution is -0.140. The molecule has 0 heterocycles. The van der Waals surface area contributed by atoms with Gasteiger partial charge >= 0.3 is 5.97 Å². The molecule has 98 valence electrons. The van der Waals surface area contributed by atoms with Crippen molar-refractivity contribution in [3.05, 3.63) is 33.1 Å². The van der Waals surface area contributed by atoms with Crippen molar-refractivity contribution in [2.24, 2.45) is 5.92 Å². The lowest BCUT2D eigenvalue weighted by atomic mass is 10.0. The highest BCUT2D eigenvalue weighted by atomic mass is 127. The summed E-state index contributed by atoms with van der Waals surface area (Å²) in [5.74, 6) is -2.45. The van der Waals surface area contributed by atoms with Crippen molar-refractivity contribution >= 4 is 34.5 Å². The van der Waals surface area contributed by atoms with E-state index in [9.17, 15) is 14.0 Å². The Hall–Kier alpha value is -1.18. The molecule has 0 unspecified atom stereocenters. The van der Waals surface area contributed by atoms with E-state index >= 15 is 0 Å². The highest BCUT2D eigenvalue weighted by Gasteiger charge is 2.24. The van der Waals surface area contributed by atoms with Gasteiger partial charge in [0.25, 0.3) is 5.91 Å². The number of carboxylic acids is 1. The third-order valence-corrected chi connectivity index (χ3v) is 3.28. The standard InChI is InChI=1S/C12H13FINO3/c1-6(2)10(12(17)18)15-11(16)7-3-4-9(14)8(13)5-7/h3-6,10H,1-2H3,(H,15,16)(H,17,18)/t10-/m0/s1. The van der Waals surface area contributed by atoms with Crippen molar-refractivity contribution in [2.75, 3.05) is 0 Å². The normalized spacial score (nSPS) is 12.3. The number of hydrogen-bond donors (Lipinski definition) is 2. The fraction of sp³-hybridized carbons (Fsp3) is 0.333. The van der Waals surface area contributed by atoms with Crippen molar-refractivity contribution in [1.29, 1.82) is 0 Å². The molecule has 18 heavy (non-hydrogen) atoms. The first-order chi connectivity index (χ1) is 8.32. The molecule has 0 aliphatic heterocycles. The van der Waals surface area contributed by atoms with Crippen molar-refractivity contribution in [3.63, 3.8) is 0 Å². The Morgan fingerprint density at radius 2 is 2.00 bits per heavy atom. The number of halogens is 2. The van der Waals surface area contributed by atoms with E-state index in [-0.39, 0.29) is 11.5 Å². The molecule has 0 saturated carbocycles. The molecule has 0 aromatic heterocycles. The lowest BCUT2D eigenvalue weighted by Gasteiger charge is -2.17. The molecule has 1 rings (SSSR count). The van der Waals surface area contributed by atoms with E-state index in [1.165, 1.54) is 12.1 Å². The SMILES string of the molecule is CC(C)[C@H](NC(=O)c1ccc(I)c(F)c1)C(=O)O. The molecule has 0 radical (unpaired) electrons. The van der Waals surface area contributed by atoms with Crippen LogP contribution in [0.25, 0.3) is 0 Å². The van der Waals surface area contributed by atoms with Gasteiger partial charge in [0, 0.05) is 9.13 Å². The van der Waals surface area contributed by atoms with Crippen LogP contribution in [0.2, 0.25) is 0 Å². The Labute approximate surface area is 118 Å². The molecule has 1 aromatic carbocycles. The van der Waals surface area contributed by atoms with Crippen LogP contribution in [-0.4, -0.2) is 23.0 Å². The fourth-order valence-electron chi connectivity index (χ4n) is 1.38. The van der Waals surface area contributed by atoms with Gasteiger partial charge in [0.1, 0.15) is 11.9 Å². The Morgan fingerprint density at radius 3 is 2.44 bits per heavy atom. The monoisotopic (exact) mass is 365 g/mol. The number of benzene rings is 1. The third-order valence-electron chi connectivity index (χ3n) is 2.40. The van der Waals surface area contributed by atoms with E-state index in [1.54, 1.807) is 13.8 Å². The smallest absolute Gasteiger partial charge is 0.326 e. The Kier molecular flexibility index (Phi) is 5.06. The highest BCUT2D eigenvalue weighted by molar-refractivity contribution is 14.1. The van der Waals surface area contributed by atoms with Crippen LogP contribution in [-0.2, 0) is 4.79 Å². The molecule has 1 aromatic rings. The molecule has 1 amide bonds. The molecule has 0 aliphatic rings. The first-order valence-electron chi connectivity index (χ1n) is 5.31. The second-order valence-electron chi connectivity index (χ2n) is 4.16. The number of carboxylic acid groups (broad SMARTS) is 1. The predicted molar refractivity (Wildman–Crippen MR) is 72.8 cm³/mol. The Balaban J connectivity index is 2.87. The summed E-state index contributed by atoms with van der Waals surface area (Å²) in [5, 5.41) is 11.3. The average molecular weight is 365 g/mol. The molecule has 1 atom stereocenters. The largest absolute Gasteiger partial charge is 0.480 e. The third kappa shape index (κ3) is 3.66. The molecule has 0 fully saturated rings. The Morgan fingerprint density at radius 1 is 1.39 bits per heavy atom. The van der Waals surface area contributed by atoms with Gasteiger partial charge in [-0.3, -0.25) is 4.79 Å². The molecule has 0 spiro atoms. The van der Waals surface area contributed by atoms with Crippen LogP contribution in [0.1, 0.15) is 24.2 Å². The van der Waals surface area contributed by atoms with E-state index in [0.29, 0.717) is 3.57 Å². The van der Waals surface area contributed by atoms with Crippen LogP contribution in [0.4, 0.5) is 4.39 Å². The average Bonchev–Trinajstić information content (AvgIpc) is 2.28. The van der Waals surface area contributed by atoms with Gasteiger partial charge in [0.15, 0.2) is 0 Å². The number of carbonyl (C=O) groups is 2. The predicted octanol–water partition coefficient (Wildman–Crippen LogP) is 2.27. The first-order valence-corrected chi connectivity index (χ1v) is 6.39. The molecule has 2 N–H and O–H groups in total. The van der Waals surface area contributed by atoms with Crippen LogP contribution in [0, 0.1) is 15.3 Å². The van der Waals surface area contributed by atoms with Crippen molar-refractivity contribution < 1.29 is 19.1 Å². The zero-order valence-corrected chi connectivity index (χ0v) is 12.1. The summed E-state index contributed by atoms with van der Waals surface area (Å²) in [6, 6.07) is 3.03. The molecule has 0 aliphatic carbocycles. The zero-order valence-electron chi connectivity index (χ0n) is 9.91. The first kappa shape index (κ1) is 14.9. The molecular formula is C12H13FINO3. The summed E-state index contributed by atoms with van der Waals surface area (Å²) < 4.78 is 13.7. The summed E-state index contributed by atoms with van der Waals surface area (Å²) in [6.07, 6.45) is 0. The van der Waals surface area contributed by atoms with Gasteiger partial charge in [0.05, 0.1) is 0 Å². The number of rotatable bonds is 4. The Bertz CT molecular complexity index is 476. The van der Waals surface area contributed by atoms with Gasteiger partial charge in [-0.05, 0) is 46.7 Å². The number of aliphatic carboxylic acids is 1. The van der Waals surface area contributed by atoms with Gasteiger partial charge in [-0.15, -0.1) is 0 Å². The van der Waals surface area contributed by atoms with Crippen LogP contribution < -0.4 is 5.32 Å².